The predicted octanol–water partition coefficient (Wildman–Crippen LogP) is 5.07. The SMILES string of the molecule is CCOc1ccc(-n2c(-c3ccccc3)cc(C(=O)NCCN3CCCCC3)c2C)cc1. The van der Waals surface area contributed by atoms with Crippen molar-refractivity contribution in [1.82, 2.24) is 14.8 Å². The van der Waals surface area contributed by atoms with Gasteiger partial charge in [0.05, 0.1) is 17.9 Å². The van der Waals surface area contributed by atoms with Crippen LogP contribution in [0.1, 0.15) is 42.2 Å². The monoisotopic (exact) mass is 431 g/mol. The van der Waals surface area contributed by atoms with Gasteiger partial charge in [0.25, 0.3) is 5.91 Å². The second-order valence-corrected chi connectivity index (χ2v) is 8.32. The highest BCUT2D eigenvalue weighted by molar-refractivity contribution is 5.97. The molecule has 0 aliphatic carbocycles. The summed E-state index contributed by atoms with van der Waals surface area (Å²) in [5.41, 5.74) is 4.75. The van der Waals surface area contributed by atoms with Crippen LogP contribution in [0.4, 0.5) is 0 Å². The van der Waals surface area contributed by atoms with Crippen LogP contribution < -0.4 is 10.1 Å². The molecule has 2 heterocycles. The number of ether oxygens (including phenoxy) is 1. The number of nitrogens with one attached hydrogen (secondary N) is 1. The Labute approximate surface area is 191 Å². The van der Waals surface area contributed by atoms with Gasteiger partial charge < -0.3 is 19.5 Å². The van der Waals surface area contributed by atoms with Gasteiger partial charge in [0.2, 0.25) is 0 Å². The van der Waals surface area contributed by atoms with Crippen molar-refractivity contribution in [3.8, 4) is 22.7 Å². The van der Waals surface area contributed by atoms with E-state index in [-0.39, 0.29) is 5.91 Å². The molecule has 1 saturated heterocycles. The fourth-order valence-electron chi connectivity index (χ4n) is 4.45. The molecule has 0 radical (unpaired) electrons. The number of hydrogen-bond acceptors (Lipinski definition) is 3. The Morgan fingerprint density at radius 1 is 1.00 bits per heavy atom. The van der Waals surface area contributed by atoms with Gasteiger partial charge in [-0.3, -0.25) is 4.79 Å². The zero-order valence-electron chi connectivity index (χ0n) is 19.1. The molecule has 1 N–H and O–H groups in total. The van der Waals surface area contributed by atoms with Gasteiger partial charge in [-0.15, -0.1) is 0 Å². The molecule has 1 fully saturated rings. The third kappa shape index (κ3) is 5.05. The van der Waals surface area contributed by atoms with E-state index in [0.29, 0.717) is 13.2 Å². The average molecular weight is 432 g/mol. The molecule has 1 aromatic heterocycles. The standard InChI is InChI=1S/C27H33N3O2/c1-3-32-24-14-12-23(13-15-24)30-21(2)25(20-26(30)22-10-6-4-7-11-22)27(31)28-16-19-29-17-8-5-9-18-29/h4,6-7,10-15,20H,3,5,8-9,16-19H2,1-2H3,(H,28,31). The molecule has 1 amide bonds. The van der Waals surface area contributed by atoms with E-state index in [1.165, 1.54) is 19.3 Å². The van der Waals surface area contributed by atoms with Crippen molar-refractivity contribution in [1.29, 1.82) is 0 Å². The zero-order valence-corrected chi connectivity index (χ0v) is 19.1. The lowest BCUT2D eigenvalue weighted by molar-refractivity contribution is 0.0946. The lowest BCUT2D eigenvalue weighted by atomic mass is 10.1. The zero-order chi connectivity index (χ0) is 22.3. The minimum Gasteiger partial charge on any atom is -0.494 e. The largest absolute Gasteiger partial charge is 0.494 e. The Hall–Kier alpha value is -3.05. The van der Waals surface area contributed by atoms with Gasteiger partial charge in [-0.1, -0.05) is 36.8 Å². The molecule has 3 aromatic rings. The van der Waals surface area contributed by atoms with Crippen molar-refractivity contribution >= 4 is 5.91 Å². The van der Waals surface area contributed by atoms with Crippen molar-refractivity contribution < 1.29 is 9.53 Å². The summed E-state index contributed by atoms with van der Waals surface area (Å²) in [7, 11) is 0. The van der Waals surface area contributed by atoms with Gasteiger partial charge in [0.15, 0.2) is 0 Å². The molecule has 0 atom stereocenters. The van der Waals surface area contributed by atoms with Crippen LogP contribution in [-0.2, 0) is 0 Å². The molecule has 0 saturated carbocycles. The van der Waals surface area contributed by atoms with Gasteiger partial charge in [0, 0.05) is 24.5 Å². The Morgan fingerprint density at radius 2 is 1.72 bits per heavy atom. The van der Waals surface area contributed by atoms with E-state index in [9.17, 15) is 4.79 Å². The van der Waals surface area contributed by atoms with Crippen molar-refractivity contribution in [2.24, 2.45) is 0 Å². The predicted molar refractivity (Wildman–Crippen MR) is 130 cm³/mol. The molecule has 0 spiro atoms. The molecule has 4 rings (SSSR count). The van der Waals surface area contributed by atoms with E-state index in [1.807, 2.05) is 62.4 Å². The third-order valence-electron chi connectivity index (χ3n) is 6.13. The highest BCUT2D eigenvalue weighted by Crippen LogP contribution is 2.30. The third-order valence-corrected chi connectivity index (χ3v) is 6.13. The molecular formula is C27H33N3O2. The molecular weight excluding hydrogens is 398 g/mol. The molecule has 0 unspecified atom stereocenters. The number of aromatic nitrogens is 1. The summed E-state index contributed by atoms with van der Waals surface area (Å²) in [4.78, 5) is 15.6. The summed E-state index contributed by atoms with van der Waals surface area (Å²) in [5.74, 6) is 0.833. The van der Waals surface area contributed by atoms with E-state index >= 15 is 0 Å². The second-order valence-electron chi connectivity index (χ2n) is 8.32. The fraction of sp³-hybridized carbons (Fsp3) is 0.370. The van der Waals surface area contributed by atoms with Crippen LogP contribution in [0.2, 0.25) is 0 Å². The van der Waals surface area contributed by atoms with Gasteiger partial charge in [-0.05, 0) is 75.7 Å². The first-order chi connectivity index (χ1) is 15.7. The number of piperidine rings is 1. The van der Waals surface area contributed by atoms with E-state index < -0.39 is 0 Å². The normalized spacial score (nSPS) is 14.3. The number of carbonyl (C=O) groups is 1. The fourth-order valence-corrected chi connectivity index (χ4v) is 4.45. The van der Waals surface area contributed by atoms with E-state index in [1.54, 1.807) is 0 Å². The summed E-state index contributed by atoms with van der Waals surface area (Å²) in [6.45, 7) is 8.50. The van der Waals surface area contributed by atoms with Gasteiger partial charge in [-0.2, -0.15) is 0 Å². The number of benzene rings is 2. The number of rotatable bonds is 8. The van der Waals surface area contributed by atoms with Crippen molar-refractivity contribution in [3.05, 3.63) is 71.9 Å². The molecule has 5 heteroatoms. The average Bonchev–Trinajstić information content (AvgIpc) is 3.18. The van der Waals surface area contributed by atoms with Crippen molar-refractivity contribution in [2.45, 2.75) is 33.1 Å². The minimum atomic E-state index is -0.0126. The van der Waals surface area contributed by atoms with Crippen LogP contribution in [-0.4, -0.2) is 48.2 Å². The molecule has 5 nitrogen and oxygen atoms in total. The topological polar surface area (TPSA) is 46.5 Å². The maximum atomic E-state index is 13.1. The van der Waals surface area contributed by atoms with Crippen LogP contribution in [0, 0.1) is 6.92 Å². The quantitative estimate of drug-likeness (QED) is 0.542. The molecule has 1 aliphatic heterocycles. The van der Waals surface area contributed by atoms with Crippen molar-refractivity contribution in [3.63, 3.8) is 0 Å². The minimum absolute atomic E-state index is 0.0126. The Bertz CT molecular complexity index is 1020. The number of nitrogens with zero attached hydrogens (tertiary/aromatic N) is 2. The first-order valence-electron chi connectivity index (χ1n) is 11.7. The summed E-state index contributed by atoms with van der Waals surface area (Å²) in [6, 6.07) is 20.3. The smallest absolute Gasteiger partial charge is 0.253 e. The first kappa shape index (κ1) is 22.2. The van der Waals surface area contributed by atoms with Crippen LogP contribution in [0.3, 0.4) is 0 Å². The van der Waals surface area contributed by atoms with Crippen molar-refractivity contribution in [2.75, 3.05) is 32.8 Å². The first-order valence-corrected chi connectivity index (χ1v) is 11.7. The summed E-state index contributed by atoms with van der Waals surface area (Å²) >= 11 is 0. The lowest BCUT2D eigenvalue weighted by Gasteiger charge is -2.26. The summed E-state index contributed by atoms with van der Waals surface area (Å²) < 4.78 is 7.76. The molecule has 2 aromatic carbocycles. The summed E-state index contributed by atoms with van der Waals surface area (Å²) in [5, 5.41) is 3.14. The number of hydrogen-bond donors (Lipinski definition) is 1. The van der Waals surface area contributed by atoms with Gasteiger partial charge >= 0.3 is 0 Å². The van der Waals surface area contributed by atoms with Crippen LogP contribution in [0.5, 0.6) is 5.75 Å². The highest BCUT2D eigenvalue weighted by Gasteiger charge is 2.20. The maximum Gasteiger partial charge on any atom is 0.253 e. The highest BCUT2D eigenvalue weighted by atomic mass is 16.5. The molecule has 168 valence electrons. The Kier molecular flexibility index (Phi) is 7.28. The Balaban J connectivity index is 1.59. The number of likely N-dealkylation sites (tertiary alicyclic amines) is 1. The molecule has 0 bridgehead atoms. The van der Waals surface area contributed by atoms with E-state index in [0.717, 1.165) is 53.6 Å². The Morgan fingerprint density at radius 3 is 2.41 bits per heavy atom. The van der Waals surface area contributed by atoms with Gasteiger partial charge in [0.1, 0.15) is 5.75 Å². The maximum absolute atomic E-state index is 13.1. The second kappa shape index (κ2) is 10.5. The van der Waals surface area contributed by atoms with E-state index in [2.05, 4.69) is 26.9 Å². The molecule has 32 heavy (non-hydrogen) atoms. The van der Waals surface area contributed by atoms with Gasteiger partial charge in [-0.25, -0.2) is 0 Å². The summed E-state index contributed by atoms with van der Waals surface area (Å²) in [6.07, 6.45) is 3.85. The van der Waals surface area contributed by atoms with Crippen LogP contribution in [0.25, 0.3) is 16.9 Å². The number of carbonyl (C=O) groups excluding carboxylic acids is 1. The van der Waals surface area contributed by atoms with Crippen LogP contribution >= 0.6 is 0 Å². The molecule has 1 aliphatic rings. The number of amides is 1. The van der Waals surface area contributed by atoms with E-state index in [4.69, 9.17) is 4.74 Å². The lowest BCUT2D eigenvalue weighted by Crippen LogP contribution is -2.37. The van der Waals surface area contributed by atoms with Crippen LogP contribution in [0.15, 0.2) is 60.7 Å².